The van der Waals surface area contributed by atoms with Crippen LogP contribution in [0.2, 0.25) is 0 Å². The standard InChI is InChI=1S/C7H13N3O2S/c1-6(8)4-10-5-7(3-9-10)13(2,11)12/h3,5-6H,4,8H2,1-2H3/t6-/m1/s1. The van der Waals surface area contributed by atoms with Gasteiger partial charge in [-0.05, 0) is 6.92 Å². The number of hydrogen-bond donors (Lipinski definition) is 1. The molecule has 1 aromatic rings. The summed E-state index contributed by atoms with van der Waals surface area (Å²) in [6, 6.07) is -0.0349. The molecule has 0 aliphatic rings. The number of aromatic nitrogens is 2. The van der Waals surface area contributed by atoms with Crippen molar-refractivity contribution in [2.24, 2.45) is 5.73 Å². The second-order valence-corrected chi connectivity index (χ2v) is 5.16. The van der Waals surface area contributed by atoms with Gasteiger partial charge >= 0.3 is 0 Å². The lowest BCUT2D eigenvalue weighted by atomic mass is 10.4. The molecule has 0 radical (unpaired) electrons. The molecule has 74 valence electrons. The van der Waals surface area contributed by atoms with E-state index in [4.69, 9.17) is 5.73 Å². The van der Waals surface area contributed by atoms with Crippen LogP contribution in [0.3, 0.4) is 0 Å². The first-order chi connectivity index (χ1) is 5.89. The van der Waals surface area contributed by atoms with Crippen molar-refractivity contribution in [2.45, 2.75) is 24.4 Å². The van der Waals surface area contributed by atoms with Crippen LogP contribution < -0.4 is 5.73 Å². The maximum Gasteiger partial charge on any atom is 0.178 e. The van der Waals surface area contributed by atoms with E-state index in [0.29, 0.717) is 6.54 Å². The fourth-order valence-corrected chi connectivity index (χ4v) is 1.48. The zero-order valence-electron chi connectivity index (χ0n) is 7.64. The van der Waals surface area contributed by atoms with Gasteiger partial charge in [0, 0.05) is 18.5 Å². The lowest BCUT2D eigenvalue weighted by molar-refractivity contribution is 0.537. The largest absolute Gasteiger partial charge is 0.326 e. The van der Waals surface area contributed by atoms with Crippen molar-refractivity contribution < 1.29 is 8.42 Å². The van der Waals surface area contributed by atoms with Gasteiger partial charge in [0.25, 0.3) is 0 Å². The molecule has 0 fully saturated rings. The van der Waals surface area contributed by atoms with Gasteiger partial charge in [-0.15, -0.1) is 0 Å². The fourth-order valence-electron chi connectivity index (χ4n) is 0.931. The Morgan fingerprint density at radius 2 is 2.31 bits per heavy atom. The average molecular weight is 203 g/mol. The maximum atomic E-state index is 11.0. The second-order valence-electron chi connectivity index (χ2n) is 3.15. The highest BCUT2D eigenvalue weighted by atomic mass is 32.2. The Kier molecular flexibility index (Phi) is 2.72. The van der Waals surface area contributed by atoms with Crippen molar-refractivity contribution in [2.75, 3.05) is 6.26 Å². The van der Waals surface area contributed by atoms with Gasteiger partial charge in [0.15, 0.2) is 9.84 Å². The molecule has 6 heteroatoms. The molecule has 0 aromatic carbocycles. The van der Waals surface area contributed by atoms with E-state index < -0.39 is 9.84 Å². The lowest BCUT2D eigenvalue weighted by Gasteiger charge is -2.03. The molecular formula is C7H13N3O2S. The number of nitrogens with two attached hydrogens (primary N) is 1. The van der Waals surface area contributed by atoms with Crippen LogP contribution >= 0.6 is 0 Å². The molecule has 1 atom stereocenters. The van der Waals surface area contributed by atoms with Crippen LogP contribution in [0.25, 0.3) is 0 Å². The van der Waals surface area contributed by atoms with E-state index in [9.17, 15) is 8.42 Å². The Balaban J connectivity index is 2.88. The van der Waals surface area contributed by atoms with Crippen molar-refractivity contribution in [3.05, 3.63) is 12.4 Å². The summed E-state index contributed by atoms with van der Waals surface area (Å²) in [5.41, 5.74) is 5.53. The van der Waals surface area contributed by atoms with Gasteiger partial charge in [0.1, 0.15) is 4.90 Å². The number of sulfone groups is 1. The summed E-state index contributed by atoms with van der Waals surface area (Å²) < 4.78 is 23.6. The van der Waals surface area contributed by atoms with E-state index in [0.717, 1.165) is 6.26 Å². The third kappa shape index (κ3) is 2.82. The van der Waals surface area contributed by atoms with Crippen molar-refractivity contribution in [1.29, 1.82) is 0 Å². The highest BCUT2D eigenvalue weighted by Crippen LogP contribution is 2.06. The summed E-state index contributed by atoms with van der Waals surface area (Å²) in [5, 5.41) is 3.88. The quantitative estimate of drug-likeness (QED) is 0.727. The number of rotatable bonds is 3. The summed E-state index contributed by atoms with van der Waals surface area (Å²) in [6.45, 7) is 2.36. The molecule has 0 amide bonds. The molecule has 0 saturated carbocycles. The van der Waals surface area contributed by atoms with E-state index in [1.54, 1.807) is 0 Å². The Hall–Kier alpha value is -0.880. The van der Waals surface area contributed by atoms with Crippen LogP contribution in [0.4, 0.5) is 0 Å². The molecule has 0 spiro atoms. The zero-order valence-corrected chi connectivity index (χ0v) is 8.45. The zero-order chi connectivity index (χ0) is 10.1. The molecular weight excluding hydrogens is 190 g/mol. The van der Waals surface area contributed by atoms with Gasteiger partial charge in [0.2, 0.25) is 0 Å². The first-order valence-corrected chi connectivity index (χ1v) is 5.77. The van der Waals surface area contributed by atoms with Crippen LogP contribution in [-0.4, -0.2) is 30.5 Å². The van der Waals surface area contributed by atoms with Gasteiger partial charge in [0.05, 0.1) is 12.7 Å². The molecule has 0 aliphatic carbocycles. The summed E-state index contributed by atoms with van der Waals surface area (Å²) in [6.07, 6.45) is 3.97. The molecule has 0 bridgehead atoms. The van der Waals surface area contributed by atoms with Crippen molar-refractivity contribution in [3.63, 3.8) is 0 Å². The van der Waals surface area contributed by atoms with Crippen molar-refractivity contribution >= 4 is 9.84 Å². The molecule has 0 aliphatic heterocycles. The highest BCUT2D eigenvalue weighted by Gasteiger charge is 2.09. The first-order valence-electron chi connectivity index (χ1n) is 3.87. The van der Waals surface area contributed by atoms with Crippen molar-refractivity contribution in [1.82, 2.24) is 9.78 Å². The molecule has 5 nitrogen and oxygen atoms in total. The van der Waals surface area contributed by atoms with Crippen LogP contribution in [-0.2, 0) is 16.4 Å². The smallest absolute Gasteiger partial charge is 0.178 e. The SMILES string of the molecule is C[C@@H](N)Cn1cc(S(C)(=O)=O)cn1. The maximum absolute atomic E-state index is 11.0. The predicted molar refractivity (Wildman–Crippen MR) is 49.0 cm³/mol. The second kappa shape index (κ2) is 3.47. The van der Waals surface area contributed by atoms with E-state index >= 15 is 0 Å². The Bertz CT molecular complexity index is 380. The average Bonchev–Trinajstić information content (AvgIpc) is 2.32. The van der Waals surface area contributed by atoms with E-state index in [1.807, 2.05) is 6.92 Å². The van der Waals surface area contributed by atoms with Gasteiger partial charge < -0.3 is 5.73 Å². The van der Waals surface area contributed by atoms with Gasteiger partial charge in [-0.2, -0.15) is 5.10 Å². The third-order valence-electron chi connectivity index (χ3n) is 1.51. The van der Waals surface area contributed by atoms with E-state index in [2.05, 4.69) is 5.10 Å². The lowest BCUT2D eigenvalue weighted by Crippen LogP contribution is -2.22. The summed E-state index contributed by atoms with van der Waals surface area (Å²) in [7, 11) is -3.14. The Morgan fingerprint density at radius 3 is 2.69 bits per heavy atom. The van der Waals surface area contributed by atoms with Gasteiger partial charge in [-0.3, -0.25) is 4.68 Å². The fraction of sp³-hybridized carbons (Fsp3) is 0.571. The van der Waals surface area contributed by atoms with E-state index in [-0.39, 0.29) is 10.9 Å². The minimum atomic E-state index is -3.14. The molecule has 0 saturated heterocycles. The van der Waals surface area contributed by atoms with Crippen LogP contribution in [0.1, 0.15) is 6.92 Å². The number of nitrogens with zero attached hydrogens (tertiary/aromatic N) is 2. The van der Waals surface area contributed by atoms with Crippen LogP contribution in [0.5, 0.6) is 0 Å². The van der Waals surface area contributed by atoms with Gasteiger partial charge in [-0.25, -0.2) is 8.42 Å². The highest BCUT2D eigenvalue weighted by molar-refractivity contribution is 7.90. The normalized spacial score (nSPS) is 14.4. The third-order valence-corrected chi connectivity index (χ3v) is 2.58. The molecule has 1 aromatic heterocycles. The Labute approximate surface area is 77.5 Å². The molecule has 1 rings (SSSR count). The van der Waals surface area contributed by atoms with Crippen LogP contribution in [0, 0.1) is 0 Å². The summed E-state index contributed by atoms with van der Waals surface area (Å²) in [5.74, 6) is 0. The minimum Gasteiger partial charge on any atom is -0.326 e. The molecule has 13 heavy (non-hydrogen) atoms. The number of hydrogen-bond acceptors (Lipinski definition) is 4. The summed E-state index contributed by atoms with van der Waals surface area (Å²) in [4.78, 5) is 0.230. The topological polar surface area (TPSA) is 78.0 Å². The molecule has 1 heterocycles. The van der Waals surface area contributed by atoms with Crippen LogP contribution in [0.15, 0.2) is 17.3 Å². The van der Waals surface area contributed by atoms with Gasteiger partial charge in [-0.1, -0.05) is 0 Å². The molecule has 0 unspecified atom stereocenters. The summed E-state index contributed by atoms with van der Waals surface area (Å²) >= 11 is 0. The monoisotopic (exact) mass is 203 g/mol. The minimum absolute atomic E-state index is 0.0349. The molecule has 2 N–H and O–H groups in total. The van der Waals surface area contributed by atoms with E-state index in [1.165, 1.54) is 17.1 Å². The first kappa shape index (κ1) is 10.2. The Morgan fingerprint density at radius 1 is 1.69 bits per heavy atom. The predicted octanol–water partition coefficient (Wildman–Crippen LogP) is -0.366. The van der Waals surface area contributed by atoms with Crippen molar-refractivity contribution in [3.8, 4) is 0 Å².